The van der Waals surface area contributed by atoms with E-state index >= 15 is 0 Å². The Bertz CT molecular complexity index is 611. The van der Waals surface area contributed by atoms with E-state index in [1.807, 2.05) is 25.6 Å². The number of guanidine groups is 1. The second kappa shape index (κ2) is 10.0. The number of nitrogens with one attached hydrogen (secondary N) is 2. The van der Waals surface area contributed by atoms with Crippen LogP contribution in [0.2, 0.25) is 0 Å². The molecule has 2 rings (SSSR count). The summed E-state index contributed by atoms with van der Waals surface area (Å²) in [4.78, 5) is 4.76. The van der Waals surface area contributed by atoms with Crippen LogP contribution in [-0.2, 0) is 23.1 Å². The van der Waals surface area contributed by atoms with Crippen molar-refractivity contribution in [3.8, 4) is 0 Å². The molecular weight excluding hydrogens is 344 g/mol. The van der Waals surface area contributed by atoms with Crippen LogP contribution in [0.3, 0.4) is 0 Å². The molecule has 1 aliphatic rings. The summed E-state index contributed by atoms with van der Waals surface area (Å²) in [6.07, 6.45) is 4.40. The lowest BCUT2D eigenvalue weighted by Crippen LogP contribution is -2.65. The van der Waals surface area contributed by atoms with E-state index in [1.54, 1.807) is 7.11 Å². The van der Waals surface area contributed by atoms with E-state index in [4.69, 9.17) is 14.5 Å². The number of hydrogen-bond donors (Lipinski definition) is 2. The van der Waals surface area contributed by atoms with Gasteiger partial charge in [-0.2, -0.15) is 0 Å². The Morgan fingerprint density at radius 1 is 1.30 bits per heavy atom. The average molecular weight is 381 g/mol. The number of rotatable bonds is 10. The van der Waals surface area contributed by atoms with Crippen molar-refractivity contribution in [1.29, 1.82) is 0 Å². The molecule has 1 aliphatic carbocycles. The van der Waals surface area contributed by atoms with Gasteiger partial charge in [0.15, 0.2) is 11.8 Å². The molecule has 1 heterocycles. The zero-order valence-corrected chi connectivity index (χ0v) is 17.7. The molecular formula is C19H36N6O2. The molecule has 2 N–H and O–H groups in total. The molecule has 0 bridgehead atoms. The molecule has 0 spiro atoms. The monoisotopic (exact) mass is 380 g/mol. The van der Waals surface area contributed by atoms with Gasteiger partial charge in [-0.25, -0.2) is 4.99 Å². The van der Waals surface area contributed by atoms with Crippen molar-refractivity contribution in [2.45, 2.75) is 65.1 Å². The number of nitrogens with zero attached hydrogens (tertiary/aromatic N) is 4. The smallest absolute Gasteiger partial charge is 0.191 e. The summed E-state index contributed by atoms with van der Waals surface area (Å²) in [6.45, 7) is 8.46. The van der Waals surface area contributed by atoms with Crippen LogP contribution in [0.4, 0.5) is 0 Å². The minimum absolute atomic E-state index is 0.158. The molecule has 0 aliphatic heterocycles. The van der Waals surface area contributed by atoms with Crippen molar-refractivity contribution in [2.75, 3.05) is 27.4 Å². The van der Waals surface area contributed by atoms with Crippen molar-refractivity contribution in [3.05, 3.63) is 11.6 Å². The topological polar surface area (TPSA) is 85.6 Å². The highest BCUT2D eigenvalue weighted by Crippen LogP contribution is 2.48. The number of aryl methyl sites for hydroxylation is 1. The standard InChI is InChI=1S/C19H36N6O2/c1-7-19(8-2)15(12-16(19)27-6)22-18(20-10-9-11-26-5)21-13-17-24-23-14(3)25(17)4/h15-16H,7-13H2,1-6H3,(H2,20,21,22). The first kappa shape index (κ1) is 21.6. The Balaban J connectivity index is 2.07. The highest BCUT2D eigenvalue weighted by Gasteiger charge is 2.53. The number of aliphatic imine (C=N–C) groups is 1. The van der Waals surface area contributed by atoms with Crippen molar-refractivity contribution in [1.82, 2.24) is 25.4 Å². The van der Waals surface area contributed by atoms with Gasteiger partial charge >= 0.3 is 0 Å². The van der Waals surface area contributed by atoms with Gasteiger partial charge in [0.1, 0.15) is 12.4 Å². The van der Waals surface area contributed by atoms with Crippen LogP contribution in [-0.4, -0.2) is 60.2 Å². The molecule has 8 nitrogen and oxygen atoms in total. The molecule has 2 unspecified atom stereocenters. The molecule has 1 fully saturated rings. The molecule has 1 aromatic heterocycles. The Labute approximate surface area is 163 Å². The molecule has 1 saturated carbocycles. The normalized spacial score (nSPS) is 21.8. The van der Waals surface area contributed by atoms with Crippen molar-refractivity contribution < 1.29 is 9.47 Å². The number of aromatic nitrogens is 3. The predicted molar refractivity (Wildman–Crippen MR) is 107 cm³/mol. The van der Waals surface area contributed by atoms with Crippen LogP contribution in [0, 0.1) is 12.3 Å². The van der Waals surface area contributed by atoms with E-state index in [2.05, 4.69) is 34.7 Å². The summed E-state index contributed by atoms with van der Waals surface area (Å²) >= 11 is 0. The van der Waals surface area contributed by atoms with Crippen molar-refractivity contribution in [2.24, 2.45) is 17.5 Å². The Hall–Kier alpha value is -1.67. The molecule has 8 heteroatoms. The summed E-state index contributed by atoms with van der Waals surface area (Å²) in [6, 6.07) is 0.354. The second-order valence-corrected chi connectivity index (χ2v) is 7.26. The zero-order chi connectivity index (χ0) is 19.9. The third kappa shape index (κ3) is 4.79. The summed E-state index contributed by atoms with van der Waals surface area (Å²) in [5.74, 6) is 2.56. The van der Waals surface area contributed by atoms with Gasteiger partial charge in [-0.1, -0.05) is 13.8 Å². The van der Waals surface area contributed by atoms with Crippen LogP contribution in [0.1, 0.15) is 51.2 Å². The fourth-order valence-electron chi connectivity index (χ4n) is 3.96. The first-order chi connectivity index (χ1) is 13.0. The van der Waals surface area contributed by atoms with Crippen molar-refractivity contribution in [3.63, 3.8) is 0 Å². The zero-order valence-electron chi connectivity index (χ0n) is 17.7. The van der Waals surface area contributed by atoms with Gasteiger partial charge < -0.3 is 24.7 Å². The number of ether oxygens (including phenoxy) is 2. The lowest BCUT2D eigenvalue weighted by Gasteiger charge is -2.55. The third-order valence-electron chi connectivity index (χ3n) is 6.08. The van der Waals surface area contributed by atoms with Crippen LogP contribution in [0.25, 0.3) is 0 Å². The van der Waals surface area contributed by atoms with E-state index in [0.717, 1.165) is 56.4 Å². The Morgan fingerprint density at radius 2 is 2.04 bits per heavy atom. The van der Waals surface area contributed by atoms with Crippen LogP contribution < -0.4 is 10.6 Å². The predicted octanol–water partition coefficient (Wildman–Crippen LogP) is 1.79. The van der Waals surface area contributed by atoms with E-state index in [0.29, 0.717) is 18.7 Å². The van der Waals surface area contributed by atoms with E-state index in [9.17, 15) is 0 Å². The second-order valence-electron chi connectivity index (χ2n) is 7.26. The fraction of sp³-hybridized carbons (Fsp3) is 0.842. The maximum atomic E-state index is 5.72. The van der Waals surface area contributed by atoms with Crippen LogP contribution >= 0.6 is 0 Å². The molecule has 1 aromatic rings. The number of hydrogen-bond acceptors (Lipinski definition) is 5. The first-order valence-electron chi connectivity index (χ1n) is 9.93. The minimum atomic E-state index is 0.158. The van der Waals surface area contributed by atoms with E-state index in [-0.39, 0.29) is 5.41 Å². The summed E-state index contributed by atoms with van der Waals surface area (Å²) in [5.41, 5.74) is 0.158. The maximum absolute atomic E-state index is 5.72. The molecule has 2 atom stereocenters. The SMILES string of the molecule is CCC1(CC)C(NC(=NCc2nnc(C)n2C)NCCCOC)CC1OC. The van der Waals surface area contributed by atoms with Gasteiger partial charge in [0.2, 0.25) is 0 Å². The van der Waals surface area contributed by atoms with Gasteiger partial charge in [0.05, 0.1) is 6.10 Å². The largest absolute Gasteiger partial charge is 0.385 e. The third-order valence-corrected chi connectivity index (χ3v) is 6.08. The highest BCUT2D eigenvalue weighted by atomic mass is 16.5. The maximum Gasteiger partial charge on any atom is 0.191 e. The average Bonchev–Trinajstić information content (AvgIpc) is 2.98. The van der Waals surface area contributed by atoms with Gasteiger partial charge in [0.25, 0.3) is 0 Å². The molecule has 0 saturated heterocycles. The minimum Gasteiger partial charge on any atom is -0.385 e. The van der Waals surface area contributed by atoms with Gasteiger partial charge in [-0.05, 0) is 32.6 Å². The van der Waals surface area contributed by atoms with E-state index in [1.165, 1.54) is 0 Å². The molecule has 27 heavy (non-hydrogen) atoms. The molecule has 0 aromatic carbocycles. The number of methoxy groups -OCH3 is 2. The molecule has 0 radical (unpaired) electrons. The van der Waals surface area contributed by atoms with Gasteiger partial charge in [-0.15, -0.1) is 10.2 Å². The fourth-order valence-corrected chi connectivity index (χ4v) is 3.96. The Kier molecular flexibility index (Phi) is 8.04. The first-order valence-corrected chi connectivity index (χ1v) is 9.93. The van der Waals surface area contributed by atoms with Gasteiger partial charge in [-0.3, -0.25) is 0 Å². The van der Waals surface area contributed by atoms with Gasteiger partial charge in [0, 0.05) is 45.9 Å². The van der Waals surface area contributed by atoms with Crippen LogP contribution in [0.5, 0.6) is 0 Å². The summed E-state index contributed by atoms with van der Waals surface area (Å²) < 4.78 is 12.8. The quantitative estimate of drug-likeness (QED) is 0.366. The highest BCUT2D eigenvalue weighted by molar-refractivity contribution is 5.80. The van der Waals surface area contributed by atoms with Crippen molar-refractivity contribution >= 4 is 5.96 Å². The van der Waals surface area contributed by atoms with Crippen LogP contribution in [0.15, 0.2) is 4.99 Å². The summed E-state index contributed by atoms with van der Waals surface area (Å²) in [7, 11) is 5.50. The van der Waals surface area contributed by atoms with E-state index < -0.39 is 0 Å². The lowest BCUT2D eigenvalue weighted by atomic mass is 9.58. The Morgan fingerprint density at radius 3 is 2.59 bits per heavy atom. The lowest BCUT2D eigenvalue weighted by molar-refractivity contribution is -0.118. The molecule has 0 amide bonds. The summed E-state index contributed by atoms with van der Waals surface area (Å²) in [5, 5.41) is 15.4. The molecule has 154 valence electrons.